The summed E-state index contributed by atoms with van der Waals surface area (Å²) in [6, 6.07) is 13.2. The van der Waals surface area contributed by atoms with Gasteiger partial charge in [-0.25, -0.2) is 0 Å². The van der Waals surface area contributed by atoms with E-state index in [2.05, 4.69) is 10.6 Å². The molecule has 0 spiro atoms. The fraction of sp³-hybridized carbons (Fsp3) is 0.367. The first-order chi connectivity index (χ1) is 19.3. The molecular formula is C30H35N3O6S. The third-order valence-corrected chi connectivity index (χ3v) is 7.88. The lowest BCUT2D eigenvalue weighted by Crippen LogP contribution is -2.48. The van der Waals surface area contributed by atoms with Crippen LogP contribution in [0.15, 0.2) is 53.9 Å². The van der Waals surface area contributed by atoms with Crippen molar-refractivity contribution in [1.82, 2.24) is 10.6 Å². The smallest absolute Gasteiger partial charge is 0.261 e. The van der Waals surface area contributed by atoms with Gasteiger partial charge in [-0.15, -0.1) is 11.3 Å². The number of thiophene rings is 1. The van der Waals surface area contributed by atoms with Crippen LogP contribution in [0.5, 0.6) is 11.5 Å². The number of hydrogen-bond acceptors (Lipinski definition) is 7. The number of rotatable bonds is 11. The summed E-state index contributed by atoms with van der Waals surface area (Å²) in [7, 11) is 3.05. The van der Waals surface area contributed by atoms with E-state index in [9.17, 15) is 14.4 Å². The highest BCUT2D eigenvalue weighted by molar-refractivity contribution is 7.12. The molecule has 4 rings (SSSR count). The average Bonchev–Trinajstić information content (AvgIpc) is 3.70. The van der Waals surface area contributed by atoms with Gasteiger partial charge < -0.3 is 24.8 Å². The summed E-state index contributed by atoms with van der Waals surface area (Å²) >= 11 is 1.29. The second-order valence-corrected chi connectivity index (χ2v) is 10.5. The molecule has 212 valence electrons. The Morgan fingerprint density at radius 2 is 1.85 bits per heavy atom. The zero-order valence-electron chi connectivity index (χ0n) is 23.2. The molecule has 0 unspecified atom stereocenters. The van der Waals surface area contributed by atoms with Gasteiger partial charge in [0, 0.05) is 18.8 Å². The minimum Gasteiger partial charge on any atom is -0.493 e. The van der Waals surface area contributed by atoms with E-state index >= 15 is 0 Å². The van der Waals surface area contributed by atoms with E-state index in [1.807, 2.05) is 32.0 Å². The third-order valence-electron chi connectivity index (χ3n) is 7.01. The molecule has 1 aliphatic heterocycles. The fourth-order valence-electron chi connectivity index (χ4n) is 4.71. The number of amides is 3. The summed E-state index contributed by atoms with van der Waals surface area (Å²) in [6.07, 6.45) is 1.72. The van der Waals surface area contributed by atoms with E-state index in [-0.39, 0.29) is 24.5 Å². The van der Waals surface area contributed by atoms with Crippen LogP contribution >= 0.6 is 11.3 Å². The summed E-state index contributed by atoms with van der Waals surface area (Å²) in [5.74, 6) is -0.240. The molecule has 0 saturated carbocycles. The average molecular weight is 566 g/mol. The van der Waals surface area contributed by atoms with Crippen molar-refractivity contribution < 1.29 is 28.6 Å². The summed E-state index contributed by atoms with van der Waals surface area (Å²) in [4.78, 5) is 42.6. The molecule has 2 heterocycles. The molecule has 2 N–H and O–H groups in total. The largest absolute Gasteiger partial charge is 0.493 e. The van der Waals surface area contributed by atoms with E-state index in [4.69, 9.17) is 14.2 Å². The predicted molar refractivity (Wildman–Crippen MR) is 154 cm³/mol. The Labute approximate surface area is 238 Å². The Morgan fingerprint density at radius 1 is 1.05 bits per heavy atom. The molecule has 1 aliphatic rings. The van der Waals surface area contributed by atoms with E-state index < -0.39 is 11.9 Å². The Kier molecular flexibility index (Phi) is 9.79. The van der Waals surface area contributed by atoms with Crippen molar-refractivity contribution in [2.75, 3.05) is 38.8 Å². The summed E-state index contributed by atoms with van der Waals surface area (Å²) < 4.78 is 16.6. The molecule has 1 aromatic heterocycles. The first kappa shape index (κ1) is 29.1. The molecule has 2 aromatic carbocycles. The number of ether oxygens (including phenoxy) is 3. The highest BCUT2D eigenvalue weighted by atomic mass is 32.1. The van der Waals surface area contributed by atoms with E-state index in [0.29, 0.717) is 40.8 Å². The number of carbonyl (C=O) groups is 3. The van der Waals surface area contributed by atoms with Gasteiger partial charge in [-0.05, 0) is 73.0 Å². The van der Waals surface area contributed by atoms with Crippen LogP contribution in [0.1, 0.15) is 45.2 Å². The SMILES string of the molecule is COc1ccc([C@H](C(=O)NC[C@@H]2CCCO2)N(C(=O)CNC(=O)c2cccs2)c2cccc(C)c2C)cc1OC. The third kappa shape index (κ3) is 6.63. The van der Waals surface area contributed by atoms with Crippen molar-refractivity contribution in [3.05, 3.63) is 75.5 Å². The maximum Gasteiger partial charge on any atom is 0.261 e. The van der Waals surface area contributed by atoms with Crippen LogP contribution in [-0.4, -0.2) is 57.7 Å². The highest BCUT2D eigenvalue weighted by Gasteiger charge is 2.35. The number of aryl methyl sites for hydroxylation is 1. The van der Waals surface area contributed by atoms with Crippen molar-refractivity contribution in [3.8, 4) is 11.5 Å². The fourth-order valence-corrected chi connectivity index (χ4v) is 5.35. The first-order valence-electron chi connectivity index (χ1n) is 13.1. The molecule has 1 saturated heterocycles. The number of anilines is 1. The monoisotopic (exact) mass is 565 g/mol. The van der Waals surface area contributed by atoms with Crippen LogP contribution in [0.4, 0.5) is 5.69 Å². The van der Waals surface area contributed by atoms with Crippen LogP contribution in [0.3, 0.4) is 0 Å². The standard InChI is InChI=1S/C30H35N3O6S/c1-19-8-5-10-23(20(19)2)33(27(34)18-32-29(35)26-11-7-15-40-26)28(30(36)31-17-22-9-6-14-39-22)21-12-13-24(37-3)25(16-21)38-4/h5,7-8,10-13,15-16,22,28H,6,9,14,17-18H2,1-4H3,(H,31,36)(H,32,35)/t22-,28+/m0/s1. The minimum absolute atomic E-state index is 0.0788. The summed E-state index contributed by atoms with van der Waals surface area (Å²) in [5.41, 5.74) is 2.91. The Bertz CT molecular complexity index is 1340. The number of benzene rings is 2. The lowest BCUT2D eigenvalue weighted by molar-refractivity contribution is -0.126. The maximum absolute atomic E-state index is 14.0. The van der Waals surface area contributed by atoms with Crippen molar-refractivity contribution in [2.24, 2.45) is 0 Å². The van der Waals surface area contributed by atoms with Crippen LogP contribution in [-0.2, 0) is 14.3 Å². The Balaban J connectivity index is 1.75. The Hall–Kier alpha value is -3.89. The van der Waals surface area contributed by atoms with Gasteiger partial charge >= 0.3 is 0 Å². The number of carbonyl (C=O) groups excluding carboxylic acids is 3. The Morgan fingerprint density at radius 3 is 2.52 bits per heavy atom. The van der Waals surface area contributed by atoms with Gasteiger partial charge in [-0.1, -0.05) is 24.3 Å². The van der Waals surface area contributed by atoms with E-state index in [0.717, 1.165) is 24.0 Å². The summed E-state index contributed by atoms with van der Waals surface area (Å²) in [6.45, 7) is 4.55. The predicted octanol–water partition coefficient (Wildman–Crippen LogP) is 4.18. The zero-order chi connectivity index (χ0) is 28.6. The molecule has 0 radical (unpaired) electrons. The van der Waals surface area contributed by atoms with Gasteiger partial charge in [0.25, 0.3) is 5.91 Å². The zero-order valence-corrected chi connectivity index (χ0v) is 24.0. The van der Waals surface area contributed by atoms with Gasteiger partial charge in [0.1, 0.15) is 6.04 Å². The molecular weight excluding hydrogens is 530 g/mol. The molecule has 40 heavy (non-hydrogen) atoms. The van der Waals surface area contributed by atoms with Gasteiger partial charge in [-0.3, -0.25) is 19.3 Å². The number of hydrogen-bond donors (Lipinski definition) is 2. The second-order valence-electron chi connectivity index (χ2n) is 9.54. The lowest BCUT2D eigenvalue weighted by atomic mass is 9.99. The van der Waals surface area contributed by atoms with Crippen LogP contribution in [0.25, 0.3) is 0 Å². The second kappa shape index (κ2) is 13.5. The first-order valence-corrected chi connectivity index (χ1v) is 14.0. The molecule has 3 amide bonds. The molecule has 9 nitrogen and oxygen atoms in total. The normalized spacial score (nSPS) is 15.2. The van der Waals surface area contributed by atoms with E-state index in [1.54, 1.807) is 35.7 Å². The van der Waals surface area contributed by atoms with Crippen molar-refractivity contribution >= 4 is 34.7 Å². The maximum atomic E-state index is 14.0. The number of nitrogens with one attached hydrogen (secondary N) is 2. The van der Waals surface area contributed by atoms with Crippen LogP contribution < -0.4 is 25.0 Å². The van der Waals surface area contributed by atoms with Crippen LogP contribution in [0, 0.1) is 13.8 Å². The van der Waals surface area contributed by atoms with Gasteiger partial charge in [0.05, 0.1) is 31.7 Å². The molecule has 3 aromatic rings. The van der Waals surface area contributed by atoms with Crippen molar-refractivity contribution in [3.63, 3.8) is 0 Å². The molecule has 0 bridgehead atoms. The van der Waals surface area contributed by atoms with Gasteiger partial charge in [0.2, 0.25) is 11.8 Å². The van der Waals surface area contributed by atoms with Crippen LogP contribution in [0.2, 0.25) is 0 Å². The minimum atomic E-state index is -1.06. The lowest BCUT2D eigenvalue weighted by Gasteiger charge is -2.33. The highest BCUT2D eigenvalue weighted by Crippen LogP contribution is 2.36. The molecule has 10 heteroatoms. The summed E-state index contributed by atoms with van der Waals surface area (Å²) in [5, 5.41) is 7.51. The van der Waals surface area contributed by atoms with E-state index in [1.165, 1.54) is 30.5 Å². The van der Waals surface area contributed by atoms with Crippen molar-refractivity contribution in [1.29, 1.82) is 0 Å². The molecule has 1 fully saturated rings. The van der Waals surface area contributed by atoms with Crippen molar-refractivity contribution in [2.45, 2.75) is 38.8 Å². The topological polar surface area (TPSA) is 106 Å². The quantitative estimate of drug-likeness (QED) is 0.361. The molecule has 0 aliphatic carbocycles. The van der Waals surface area contributed by atoms with Gasteiger partial charge in [0.15, 0.2) is 11.5 Å². The number of methoxy groups -OCH3 is 2. The van der Waals surface area contributed by atoms with Gasteiger partial charge in [-0.2, -0.15) is 0 Å². The molecule has 2 atom stereocenters. The number of nitrogens with zero attached hydrogens (tertiary/aromatic N) is 1.